The molecule has 0 unspecified atom stereocenters. The van der Waals surface area contributed by atoms with Gasteiger partial charge in [0.1, 0.15) is 0 Å². The summed E-state index contributed by atoms with van der Waals surface area (Å²) in [6.45, 7) is 0. The van der Waals surface area contributed by atoms with Crippen molar-refractivity contribution in [2.75, 3.05) is 0 Å². The largest absolute Gasteiger partial charge is 0.406 e. The Balaban J connectivity index is 1.83. The van der Waals surface area contributed by atoms with Crippen molar-refractivity contribution in [1.82, 2.24) is 4.98 Å². The summed E-state index contributed by atoms with van der Waals surface area (Å²) >= 11 is 0. The van der Waals surface area contributed by atoms with Gasteiger partial charge in [-0.2, -0.15) is 0 Å². The molecule has 0 aliphatic rings. The molecule has 0 fully saturated rings. The lowest BCUT2D eigenvalue weighted by Crippen LogP contribution is -2.23. The second kappa shape index (κ2) is 6.97. The highest BCUT2D eigenvalue weighted by atomic mass is 28.2. The second-order valence-electron chi connectivity index (χ2n) is 4.83. The van der Waals surface area contributed by atoms with Crippen LogP contribution in [0.5, 0.6) is 0 Å². The molecular formula is C18H17NOSi. The third-order valence-electron chi connectivity index (χ3n) is 3.33. The Morgan fingerprint density at radius 2 is 1.29 bits per heavy atom. The smallest absolute Gasteiger partial charge is 0.213 e. The molecular weight excluding hydrogens is 274 g/mol. The van der Waals surface area contributed by atoms with Crippen LogP contribution in [0.15, 0.2) is 85.1 Å². The lowest BCUT2D eigenvalue weighted by molar-refractivity contribution is 0.266. The van der Waals surface area contributed by atoms with Gasteiger partial charge in [0.2, 0.25) is 9.76 Å². The van der Waals surface area contributed by atoms with Crippen LogP contribution in [0.25, 0.3) is 0 Å². The molecule has 2 nitrogen and oxygen atoms in total. The van der Waals surface area contributed by atoms with Crippen LogP contribution < -0.4 is 5.32 Å². The van der Waals surface area contributed by atoms with Gasteiger partial charge in [0, 0.05) is 11.5 Å². The minimum atomic E-state index is -0.858. The van der Waals surface area contributed by atoms with Crippen LogP contribution in [-0.4, -0.2) is 14.7 Å². The number of benzene rings is 2. The quantitative estimate of drug-likeness (QED) is 0.674. The maximum atomic E-state index is 6.28. The van der Waals surface area contributed by atoms with E-state index in [1.165, 1.54) is 11.1 Å². The van der Waals surface area contributed by atoms with Gasteiger partial charge >= 0.3 is 0 Å². The summed E-state index contributed by atoms with van der Waals surface area (Å²) in [5, 5.41) is 1.08. The van der Waals surface area contributed by atoms with E-state index in [0.717, 1.165) is 5.32 Å². The van der Waals surface area contributed by atoms with Crippen LogP contribution in [-0.2, 0) is 4.43 Å². The van der Waals surface area contributed by atoms with Crippen molar-refractivity contribution in [1.29, 1.82) is 0 Å². The molecule has 0 spiro atoms. The summed E-state index contributed by atoms with van der Waals surface area (Å²) in [5.74, 6) is 0. The highest BCUT2D eigenvalue weighted by Gasteiger charge is 2.14. The van der Waals surface area contributed by atoms with Gasteiger partial charge in [0.15, 0.2) is 0 Å². The number of pyridine rings is 1. The number of aromatic nitrogens is 1. The van der Waals surface area contributed by atoms with Crippen molar-refractivity contribution in [3.8, 4) is 0 Å². The number of hydrogen-bond acceptors (Lipinski definition) is 2. The predicted molar refractivity (Wildman–Crippen MR) is 88.2 cm³/mol. The van der Waals surface area contributed by atoms with Crippen LogP contribution in [0.3, 0.4) is 0 Å². The lowest BCUT2D eigenvalue weighted by atomic mass is 10.0. The van der Waals surface area contributed by atoms with E-state index in [1.54, 1.807) is 0 Å². The van der Waals surface area contributed by atoms with Crippen molar-refractivity contribution in [3.05, 3.63) is 96.2 Å². The van der Waals surface area contributed by atoms with Gasteiger partial charge in [-0.05, 0) is 23.3 Å². The molecule has 21 heavy (non-hydrogen) atoms. The minimum Gasteiger partial charge on any atom is -0.406 e. The standard InChI is InChI=1S/C18H17NOSi/c1-3-9-15(10-4-1)18(16-11-5-2-6-12-16)20-21-17-13-7-8-14-19-17/h1-14,18H,21H2. The molecule has 0 amide bonds. The Morgan fingerprint density at radius 3 is 1.81 bits per heavy atom. The monoisotopic (exact) mass is 291 g/mol. The van der Waals surface area contributed by atoms with E-state index in [2.05, 4.69) is 53.5 Å². The van der Waals surface area contributed by atoms with E-state index in [9.17, 15) is 0 Å². The summed E-state index contributed by atoms with van der Waals surface area (Å²) in [6.07, 6.45) is 1.81. The van der Waals surface area contributed by atoms with E-state index in [4.69, 9.17) is 4.43 Å². The van der Waals surface area contributed by atoms with Crippen LogP contribution in [0.1, 0.15) is 17.2 Å². The third kappa shape index (κ3) is 3.65. The Bertz CT molecular complexity index is 619. The number of rotatable bonds is 5. The Labute approximate surface area is 127 Å². The zero-order chi connectivity index (χ0) is 14.3. The van der Waals surface area contributed by atoms with Crippen molar-refractivity contribution in [2.24, 2.45) is 0 Å². The molecule has 104 valence electrons. The first-order valence-corrected chi connectivity index (χ1v) is 8.33. The number of hydrogen-bond donors (Lipinski definition) is 0. The molecule has 0 saturated carbocycles. The van der Waals surface area contributed by atoms with E-state index >= 15 is 0 Å². The summed E-state index contributed by atoms with van der Waals surface area (Å²) < 4.78 is 6.28. The highest BCUT2D eigenvalue weighted by Crippen LogP contribution is 2.24. The average Bonchev–Trinajstić information content (AvgIpc) is 2.58. The molecule has 3 heteroatoms. The summed E-state index contributed by atoms with van der Waals surface area (Å²) in [7, 11) is -0.858. The summed E-state index contributed by atoms with van der Waals surface area (Å²) in [5.41, 5.74) is 2.37. The minimum absolute atomic E-state index is 0.0129. The first kappa shape index (κ1) is 13.7. The highest BCUT2D eigenvalue weighted by molar-refractivity contribution is 6.45. The molecule has 1 heterocycles. The van der Waals surface area contributed by atoms with Crippen molar-refractivity contribution in [2.45, 2.75) is 6.10 Å². The molecule has 0 N–H and O–H groups in total. The lowest BCUT2D eigenvalue weighted by Gasteiger charge is -2.19. The molecule has 1 aromatic heterocycles. The fourth-order valence-corrected chi connectivity index (χ4v) is 3.43. The SMILES string of the molecule is c1ccc(C(O[SiH2]c2ccccn2)c2ccccc2)cc1. The average molecular weight is 291 g/mol. The van der Waals surface area contributed by atoms with Gasteiger partial charge in [0.25, 0.3) is 0 Å². The predicted octanol–water partition coefficient (Wildman–Crippen LogP) is 2.60. The van der Waals surface area contributed by atoms with Gasteiger partial charge in [-0.3, -0.25) is 4.98 Å². The maximum absolute atomic E-state index is 6.28. The first-order valence-electron chi connectivity index (χ1n) is 7.05. The molecule has 0 bridgehead atoms. The van der Waals surface area contributed by atoms with E-state index < -0.39 is 9.76 Å². The third-order valence-corrected chi connectivity index (χ3v) is 4.54. The van der Waals surface area contributed by atoms with Crippen LogP contribution in [0.4, 0.5) is 0 Å². The number of nitrogens with zero attached hydrogens (tertiary/aromatic N) is 1. The zero-order valence-electron chi connectivity index (χ0n) is 11.7. The normalized spacial score (nSPS) is 11.3. The van der Waals surface area contributed by atoms with Gasteiger partial charge < -0.3 is 4.43 Å². The second-order valence-corrected chi connectivity index (χ2v) is 6.18. The summed E-state index contributed by atoms with van der Waals surface area (Å²) in [4.78, 5) is 4.37. The van der Waals surface area contributed by atoms with Crippen LogP contribution >= 0.6 is 0 Å². The molecule has 0 aliphatic carbocycles. The van der Waals surface area contributed by atoms with E-state index in [0.29, 0.717) is 0 Å². The Morgan fingerprint density at radius 1 is 0.714 bits per heavy atom. The van der Waals surface area contributed by atoms with E-state index in [1.807, 2.05) is 36.5 Å². The Kier molecular flexibility index (Phi) is 4.56. The van der Waals surface area contributed by atoms with Crippen LogP contribution in [0, 0.1) is 0 Å². The van der Waals surface area contributed by atoms with Gasteiger partial charge in [-0.1, -0.05) is 66.7 Å². The summed E-state index contributed by atoms with van der Waals surface area (Å²) in [6, 6.07) is 26.7. The first-order chi connectivity index (χ1) is 10.4. The fraction of sp³-hybridized carbons (Fsp3) is 0.0556. The van der Waals surface area contributed by atoms with Gasteiger partial charge in [-0.15, -0.1) is 0 Å². The van der Waals surface area contributed by atoms with Crippen LogP contribution in [0.2, 0.25) is 0 Å². The van der Waals surface area contributed by atoms with Gasteiger partial charge in [-0.25, -0.2) is 0 Å². The van der Waals surface area contributed by atoms with Gasteiger partial charge in [0.05, 0.1) is 6.10 Å². The topological polar surface area (TPSA) is 22.1 Å². The van der Waals surface area contributed by atoms with Crippen molar-refractivity contribution < 1.29 is 4.43 Å². The molecule has 0 radical (unpaired) electrons. The molecule has 3 aromatic rings. The van der Waals surface area contributed by atoms with E-state index in [-0.39, 0.29) is 6.10 Å². The fourth-order valence-electron chi connectivity index (χ4n) is 2.29. The van der Waals surface area contributed by atoms with Crippen molar-refractivity contribution in [3.63, 3.8) is 0 Å². The molecule has 3 rings (SSSR count). The molecule has 0 aliphatic heterocycles. The Hall–Kier alpha value is -2.23. The molecule has 0 atom stereocenters. The molecule has 2 aromatic carbocycles. The zero-order valence-corrected chi connectivity index (χ0v) is 13.1. The maximum Gasteiger partial charge on any atom is 0.213 e. The molecule has 0 saturated heterocycles. The van der Waals surface area contributed by atoms with Crippen molar-refractivity contribution >= 4 is 15.1 Å².